The van der Waals surface area contributed by atoms with E-state index in [1.807, 2.05) is 6.07 Å². The van der Waals surface area contributed by atoms with Crippen molar-refractivity contribution < 1.29 is 13.7 Å². The number of hydrogen-bond donors (Lipinski definition) is 1. The molecule has 0 saturated heterocycles. The van der Waals surface area contributed by atoms with Crippen LogP contribution in [0.25, 0.3) is 0 Å². The Hall–Kier alpha value is -1.95. The lowest BCUT2D eigenvalue weighted by Gasteiger charge is -1.98. The third-order valence-electron chi connectivity index (χ3n) is 2.30. The second-order valence-electron chi connectivity index (χ2n) is 3.74. The molecule has 0 spiro atoms. The fraction of sp³-hybridized carbons (Fsp3) is 0.333. The third kappa shape index (κ3) is 3.53. The minimum absolute atomic E-state index is 0.269. The molecule has 0 amide bonds. The summed E-state index contributed by atoms with van der Waals surface area (Å²) in [5.41, 5.74) is 0.805. The number of rotatable bonds is 6. The molecule has 0 aliphatic carbocycles. The number of anilines is 1. The van der Waals surface area contributed by atoms with Crippen LogP contribution in [0.5, 0.6) is 0 Å². The fourth-order valence-electron chi connectivity index (χ4n) is 1.49. The van der Waals surface area contributed by atoms with Crippen LogP contribution in [-0.4, -0.2) is 30.4 Å². The van der Waals surface area contributed by atoms with Gasteiger partial charge in [-0.3, -0.25) is 0 Å². The van der Waals surface area contributed by atoms with Crippen molar-refractivity contribution in [3.8, 4) is 0 Å². The van der Waals surface area contributed by atoms with E-state index >= 15 is 0 Å². The summed E-state index contributed by atoms with van der Waals surface area (Å²) in [6.07, 6.45) is 0.438. The summed E-state index contributed by atoms with van der Waals surface area (Å²) in [6, 6.07) is 6.67. The molecule has 0 unspecified atom stereocenters. The SMILES string of the molecule is COCCNc1nc(Cc2cccc(F)c2)no1. The van der Waals surface area contributed by atoms with Gasteiger partial charge in [-0.05, 0) is 17.7 Å². The van der Waals surface area contributed by atoms with Crippen molar-refractivity contribution in [2.75, 3.05) is 25.6 Å². The molecule has 0 bridgehead atoms. The number of nitrogens with zero attached hydrogens (tertiary/aromatic N) is 2. The Morgan fingerprint density at radius 2 is 2.33 bits per heavy atom. The van der Waals surface area contributed by atoms with Gasteiger partial charge in [0.05, 0.1) is 6.61 Å². The maximum atomic E-state index is 13.0. The van der Waals surface area contributed by atoms with Crippen LogP contribution in [0.15, 0.2) is 28.8 Å². The maximum absolute atomic E-state index is 13.0. The predicted molar refractivity (Wildman–Crippen MR) is 63.9 cm³/mol. The van der Waals surface area contributed by atoms with Crippen LogP contribution in [-0.2, 0) is 11.2 Å². The summed E-state index contributed by atoms with van der Waals surface area (Å²) in [6.45, 7) is 1.15. The molecular formula is C12H14FN3O2. The first-order valence-corrected chi connectivity index (χ1v) is 5.58. The minimum Gasteiger partial charge on any atom is -0.383 e. The van der Waals surface area contributed by atoms with Gasteiger partial charge in [-0.2, -0.15) is 4.98 Å². The molecule has 2 aromatic rings. The van der Waals surface area contributed by atoms with Crippen LogP contribution in [0.3, 0.4) is 0 Å². The van der Waals surface area contributed by atoms with Crippen LogP contribution in [0.4, 0.5) is 10.4 Å². The summed E-state index contributed by atoms with van der Waals surface area (Å²) >= 11 is 0. The Morgan fingerprint density at radius 1 is 1.44 bits per heavy atom. The zero-order valence-corrected chi connectivity index (χ0v) is 10.0. The number of ether oxygens (including phenoxy) is 1. The largest absolute Gasteiger partial charge is 0.383 e. The molecule has 1 aromatic heterocycles. The van der Waals surface area contributed by atoms with Crippen LogP contribution in [0.1, 0.15) is 11.4 Å². The Bertz CT molecular complexity index is 502. The Labute approximate surface area is 104 Å². The predicted octanol–water partition coefficient (Wildman–Crippen LogP) is 1.86. The summed E-state index contributed by atoms with van der Waals surface area (Å²) in [4.78, 5) is 4.14. The van der Waals surface area contributed by atoms with E-state index in [0.717, 1.165) is 5.56 Å². The molecular weight excluding hydrogens is 237 g/mol. The summed E-state index contributed by atoms with van der Waals surface area (Å²) in [5.74, 6) is 0.245. The molecule has 0 radical (unpaired) electrons. The van der Waals surface area contributed by atoms with Crippen LogP contribution in [0.2, 0.25) is 0 Å². The average molecular weight is 251 g/mol. The van der Waals surface area contributed by atoms with Gasteiger partial charge in [0.2, 0.25) is 0 Å². The van der Waals surface area contributed by atoms with Gasteiger partial charge in [0.25, 0.3) is 0 Å². The molecule has 1 heterocycles. The first-order chi connectivity index (χ1) is 8.78. The van der Waals surface area contributed by atoms with Gasteiger partial charge in [0.15, 0.2) is 5.82 Å². The van der Waals surface area contributed by atoms with Crippen LogP contribution < -0.4 is 5.32 Å². The lowest BCUT2D eigenvalue weighted by molar-refractivity contribution is 0.210. The van der Waals surface area contributed by atoms with Crippen molar-refractivity contribution in [3.63, 3.8) is 0 Å². The number of hydrogen-bond acceptors (Lipinski definition) is 5. The van der Waals surface area contributed by atoms with E-state index in [9.17, 15) is 4.39 Å². The molecule has 1 aromatic carbocycles. The van der Waals surface area contributed by atoms with Gasteiger partial charge in [0.1, 0.15) is 5.82 Å². The number of methoxy groups -OCH3 is 1. The number of nitrogens with one attached hydrogen (secondary N) is 1. The number of benzene rings is 1. The van der Waals surface area contributed by atoms with Crippen molar-refractivity contribution >= 4 is 6.01 Å². The van der Waals surface area contributed by atoms with Gasteiger partial charge in [0, 0.05) is 20.1 Å². The Kier molecular flexibility index (Phi) is 4.25. The fourth-order valence-corrected chi connectivity index (χ4v) is 1.49. The molecule has 0 aliphatic rings. The molecule has 0 aliphatic heterocycles. The van der Waals surface area contributed by atoms with Crippen LogP contribution in [0, 0.1) is 5.82 Å². The van der Waals surface area contributed by atoms with E-state index in [1.54, 1.807) is 13.2 Å². The lowest BCUT2D eigenvalue weighted by atomic mass is 10.1. The van der Waals surface area contributed by atoms with Crippen molar-refractivity contribution in [2.24, 2.45) is 0 Å². The van der Waals surface area contributed by atoms with E-state index < -0.39 is 0 Å². The monoisotopic (exact) mass is 251 g/mol. The summed E-state index contributed by atoms with van der Waals surface area (Å²) in [5, 5.41) is 6.73. The standard InChI is InChI=1S/C12H14FN3O2/c1-17-6-5-14-12-15-11(16-18-12)8-9-3-2-4-10(13)7-9/h2-4,7H,5-6,8H2,1H3,(H,14,15,16). The highest BCUT2D eigenvalue weighted by atomic mass is 19.1. The quantitative estimate of drug-likeness (QED) is 0.794. The van der Waals surface area contributed by atoms with E-state index in [-0.39, 0.29) is 5.82 Å². The van der Waals surface area contributed by atoms with Gasteiger partial charge in [-0.25, -0.2) is 4.39 Å². The topological polar surface area (TPSA) is 60.2 Å². The number of halogens is 1. The molecule has 96 valence electrons. The molecule has 0 saturated carbocycles. The zero-order chi connectivity index (χ0) is 12.8. The van der Waals surface area contributed by atoms with Crippen molar-refractivity contribution in [3.05, 3.63) is 41.5 Å². The van der Waals surface area contributed by atoms with Crippen LogP contribution >= 0.6 is 0 Å². The first kappa shape index (κ1) is 12.5. The zero-order valence-electron chi connectivity index (χ0n) is 10.0. The van der Waals surface area contributed by atoms with Gasteiger partial charge in [-0.1, -0.05) is 17.3 Å². The second kappa shape index (κ2) is 6.11. The van der Waals surface area contributed by atoms with Gasteiger partial charge < -0.3 is 14.6 Å². The van der Waals surface area contributed by atoms with E-state index in [2.05, 4.69) is 15.5 Å². The Morgan fingerprint density at radius 3 is 3.11 bits per heavy atom. The normalized spacial score (nSPS) is 10.6. The lowest BCUT2D eigenvalue weighted by Crippen LogP contribution is -2.07. The highest BCUT2D eigenvalue weighted by Crippen LogP contribution is 2.10. The highest BCUT2D eigenvalue weighted by molar-refractivity contribution is 5.23. The van der Waals surface area contributed by atoms with E-state index in [0.29, 0.717) is 31.4 Å². The van der Waals surface area contributed by atoms with Gasteiger partial charge >= 0.3 is 6.01 Å². The molecule has 2 rings (SSSR count). The molecule has 1 N–H and O–H groups in total. The minimum atomic E-state index is -0.269. The smallest absolute Gasteiger partial charge is 0.321 e. The summed E-state index contributed by atoms with van der Waals surface area (Å²) in [7, 11) is 1.62. The second-order valence-corrected chi connectivity index (χ2v) is 3.74. The molecule has 6 heteroatoms. The van der Waals surface area contributed by atoms with E-state index in [1.165, 1.54) is 12.1 Å². The van der Waals surface area contributed by atoms with Gasteiger partial charge in [-0.15, -0.1) is 0 Å². The van der Waals surface area contributed by atoms with E-state index in [4.69, 9.17) is 9.26 Å². The molecule has 0 atom stereocenters. The molecule has 0 fully saturated rings. The van der Waals surface area contributed by atoms with Crippen molar-refractivity contribution in [1.82, 2.24) is 10.1 Å². The highest BCUT2D eigenvalue weighted by Gasteiger charge is 2.06. The summed E-state index contributed by atoms with van der Waals surface area (Å²) < 4.78 is 22.9. The first-order valence-electron chi connectivity index (χ1n) is 5.58. The van der Waals surface area contributed by atoms with Crippen molar-refractivity contribution in [1.29, 1.82) is 0 Å². The number of aromatic nitrogens is 2. The average Bonchev–Trinajstić information content (AvgIpc) is 2.77. The van der Waals surface area contributed by atoms with Crippen molar-refractivity contribution in [2.45, 2.75) is 6.42 Å². The Balaban J connectivity index is 1.94. The molecule has 5 nitrogen and oxygen atoms in total. The molecule has 18 heavy (non-hydrogen) atoms. The maximum Gasteiger partial charge on any atom is 0.321 e. The third-order valence-corrected chi connectivity index (χ3v) is 2.30.